The lowest BCUT2D eigenvalue weighted by Gasteiger charge is -2.15. The minimum atomic E-state index is -0.669. The van der Waals surface area contributed by atoms with Crippen molar-refractivity contribution in [2.75, 3.05) is 34.9 Å². The van der Waals surface area contributed by atoms with Crippen molar-refractivity contribution in [3.8, 4) is 22.6 Å². The molecule has 1 aromatic heterocycles. The van der Waals surface area contributed by atoms with Crippen LogP contribution < -0.4 is 14.8 Å². The number of benzene rings is 2. The fourth-order valence-corrected chi connectivity index (χ4v) is 4.06. The molecule has 34 heavy (non-hydrogen) atoms. The molecule has 1 aliphatic rings. The molecule has 3 aromatic rings. The number of aromatic nitrogens is 2. The Labute approximate surface area is 201 Å². The molecule has 0 saturated heterocycles. The lowest BCUT2D eigenvalue weighted by atomic mass is 9.99. The number of aliphatic imine (C=N–C) groups is 1. The molecule has 10 heteroatoms. The van der Waals surface area contributed by atoms with E-state index in [1.165, 1.54) is 32.7 Å². The molecule has 2 heterocycles. The van der Waals surface area contributed by atoms with Gasteiger partial charge in [-0.05, 0) is 20.2 Å². The van der Waals surface area contributed by atoms with Crippen molar-refractivity contribution in [1.82, 2.24) is 20.2 Å². The van der Waals surface area contributed by atoms with Crippen molar-refractivity contribution >= 4 is 34.4 Å². The van der Waals surface area contributed by atoms with E-state index in [1.54, 1.807) is 12.1 Å². The number of hydrogen-bond donors (Lipinski definition) is 1. The molecule has 0 radical (unpaired) electrons. The van der Waals surface area contributed by atoms with E-state index in [-0.39, 0.29) is 33.6 Å². The van der Waals surface area contributed by atoms with Gasteiger partial charge in [0, 0.05) is 42.6 Å². The molecule has 0 unspecified atom stereocenters. The highest BCUT2D eigenvalue weighted by Gasteiger charge is 2.24. The summed E-state index contributed by atoms with van der Waals surface area (Å²) < 4.78 is 25.7. The van der Waals surface area contributed by atoms with Crippen LogP contribution in [-0.4, -0.2) is 61.5 Å². The third-order valence-electron chi connectivity index (χ3n) is 5.26. The minimum absolute atomic E-state index is 0.0321. The van der Waals surface area contributed by atoms with Crippen LogP contribution in [0.5, 0.6) is 11.5 Å². The number of hydrogen-bond acceptors (Lipinski definition) is 7. The topological polar surface area (TPSA) is 88.9 Å². The van der Waals surface area contributed by atoms with E-state index in [2.05, 4.69) is 20.3 Å². The summed E-state index contributed by atoms with van der Waals surface area (Å²) in [5, 5.41) is 2.90. The van der Waals surface area contributed by atoms with E-state index >= 15 is 4.39 Å². The van der Waals surface area contributed by atoms with Gasteiger partial charge >= 0.3 is 0 Å². The Kier molecular flexibility index (Phi) is 6.76. The Bertz CT molecular complexity index is 1310. The summed E-state index contributed by atoms with van der Waals surface area (Å²) in [5.41, 5.74) is 2.18. The molecule has 0 aliphatic carbocycles. The number of ether oxygens (including phenoxy) is 2. The number of nitrogens with one attached hydrogen (secondary N) is 1. The molecule has 0 saturated carbocycles. The van der Waals surface area contributed by atoms with Gasteiger partial charge in [0.15, 0.2) is 11.6 Å². The highest BCUT2D eigenvalue weighted by molar-refractivity contribution is 6.35. The normalized spacial score (nSPS) is 13.1. The van der Waals surface area contributed by atoms with Gasteiger partial charge in [-0.2, -0.15) is 0 Å². The molecular formula is C24H23ClFN5O3. The first-order chi connectivity index (χ1) is 16.3. The van der Waals surface area contributed by atoms with Crippen LogP contribution in [0.15, 0.2) is 47.4 Å². The van der Waals surface area contributed by atoms with Crippen LogP contribution >= 0.6 is 11.6 Å². The van der Waals surface area contributed by atoms with Gasteiger partial charge in [-0.3, -0.25) is 14.8 Å². The van der Waals surface area contributed by atoms with Crippen LogP contribution in [-0.2, 0) is 0 Å². The van der Waals surface area contributed by atoms with Crippen molar-refractivity contribution in [2.24, 2.45) is 4.99 Å². The average molecular weight is 484 g/mol. The van der Waals surface area contributed by atoms with Crippen molar-refractivity contribution in [3.63, 3.8) is 0 Å². The fourth-order valence-electron chi connectivity index (χ4n) is 3.74. The Morgan fingerprint density at radius 2 is 1.85 bits per heavy atom. The zero-order chi connectivity index (χ0) is 24.4. The fraction of sp³-hybridized carbons (Fsp3) is 0.250. The Balaban J connectivity index is 1.76. The third kappa shape index (κ3) is 4.44. The second kappa shape index (κ2) is 9.74. The number of carbonyl (C=O) groups is 1. The van der Waals surface area contributed by atoms with Gasteiger partial charge < -0.3 is 19.7 Å². The quantitative estimate of drug-likeness (QED) is 0.568. The average Bonchev–Trinajstić information content (AvgIpc) is 3.25. The molecule has 0 bridgehead atoms. The summed E-state index contributed by atoms with van der Waals surface area (Å²) in [7, 11) is 6.68. The van der Waals surface area contributed by atoms with Crippen molar-refractivity contribution < 1.29 is 18.7 Å². The first-order valence-corrected chi connectivity index (χ1v) is 10.8. The predicted molar refractivity (Wildman–Crippen MR) is 129 cm³/mol. The van der Waals surface area contributed by atoms with E-state index in [9.17, 15) is 4.79 Å². The number of amidine groups is 1. The van der Waals surface area contributed by atoms with Crippen LogP contribution in [0.25, 0.3) is 22.2 Å². The van der Waals surface area contributed by atoms with Gasteiger partial charge in [0.1, 0.15) is 17.1 Å². The number of methoxy groups -OCH3 is 2. The zero-order valence-corrected chi connectivity index (χ0v) is 19.9. The number of nitrogens with zero attached hydrogens (tertiary/aromatic N) is 4. The second-order valence-corrected chi connectivity index (χ2v) is 8.23. The number of halogens is 2. The van der Waals surface area contributed by atoms with Gasteiger partial charge in [-0.15, -0.1) is 0 Å². The van der Waals surface area contributed by atoms with E-state index in [1.807, 2.05) is 25.1 Å². The Hall–Kier alpha value is -3.56. The monoisotopic (exact) mass is 483 g/mol. The molecule has 176 valence electrons. The summed E-state index contributed by atoms with van der Waals surface area (Å²) in [5.74, 6) is -0.290. The Morgan fingerprint density at radius 3 is 2.53 bits per heavy atom. The number of likely N-dealkylation sites (N-methyl/N-ethyl adjacent to an activating group) is 1. The number of rotatable bonds is 6. The van der Waals surface area contributed by atoms with Gasteiger partial charge in [-0.25, -0.2) is 9.38 Å². The molecular weight excluding hydrogens is 461 g/mol. The highest BCUT2D eigenvalue weighted by atomic mass is 35.5. The number of amides is 1. The summed E-state index contributed by atoms with van der Waals surface area (Å²) >= 11 is 6.47. The summed E-state index contributed by atoms with van der Waals surface area (Å²) in [4.78, 5) is 28.3. The zero-order valence-electron chi connectivity index (χ0n) is 19.1. The molecule has 2 aromatic carbocycles. The summed E-state index contributed by atoms with van der Waals surface area (Å²) in [6.07, 6.45) is 5.44. The predicted octanol–water partition coefficient (Wildman–Crippen LogP) is 4.08. The van der Waals surface area contributed by atoms with Crippen molar-refractivity contribution in [3.05, 3.63) is 58.8 Å². The molecule has 8 nitrogen and oxygen atoms in total. The molecule has 4 rings (SSSR count). The van der Waals surface area contributed by atoms with Gasteiger partial charge in [0.25, 0.3) is 5.91 Å². The largest absolute Gasteiger partial charge is 0.495 e. The SMILES string of the molecule is COc1cc(OC)c(Cl)c(-c2ccc(C(=O)NC3=NC(CN(C)C)=CC3)c3nccnc23)c1F. The first-order valence-electron chi connectivity index (χ1n) is 10.4. The molecule has 0 spiro atoms. The highest BCUT2D eigenvalue weighted by Crippen LogP contribution is 2.43. The van der Waals surface area contributed by atoms with Crippen LogP contribution in [0.2, 0.25) is 5.02 Å². The first kappa shape index (κ1) is 23.6. The second-order valence-electron chi connectivity index (χ2n) is 7.85. The van der Waals surface area contributed by atoms with Gasteiger partial charge in [-0.1, -0.05) is 23.7 Å². The number of fused-ring (bicyclic) bond motifs is 1. The summed E-state index contributed by atoms with van der Waals surface area (Å²) in [6, 6.07) is 4.52. The maximum absolute atomic E-state index is 15.3. The molecule has 0 fully saturated rings. The maximum Gasteiger partial charge on any atom is 0.258 e. The van der Waals surface area contributed by atoms with E-state index in [4.69, 9.17) is 21.1 Å². The molecule has 1 N–H and O–H groups in total. The van der Waals surface area contributed by atoms with Crippen LogP contribution in [0.3, 0.4) is 0 Å². The van der Waals surface area contributed by atoms with E-state index in [0.29, 0.717) is 35.4 Å². The lowest BCUT2D eigenvalue weighted by Crippen LogP contribution is -2.29. The summed E-state index contributed by atoms with van der Waals surface area (Å²) in [6.45, 7) is 0.679. The number of carbonyl (C=O) groups excluding carboxylic acids is 1. The molecule has 1 aliphatic heterocycles. The van der Waals surface area contributed by atoms with Crippen molar-refractivity contribution in [1.29, 1.82) is 0 Å². The smallest absolute Gasteiger partial charge is 0.258 e. The van der Waals surface area contributed by atoms with Crippen LogP contribution in [0, 0.1) is 5.82 Å². The van der Waals surface area contributed by atoms with Gasteiger partial charge in [0.05, 0.1) is 36.0 Å². The molecule has 0 atom stereocenters. The molecule has 1 amide bonds. The van der Waals surface area contributed by atoms with Crippen LogP contribution in [0.4, 0.5) is 4.39 Å². The van der Waals surface area contributed by atoms with Crippen LogP contribution in [0.1, 0.15) is 16.8 Å². The maximum atomic E-state index is 15.3. The van der Waals surface area contributed by atoms with Crippen molar-refractivity contribution in [2.45, 2.75) is 6.42 Å². The standard InChI is InChI=1S/C24H23ClFN5O3/c1-31(2)12-13-5-8-18(29-13)30-24(32)15-7-6-14(22-23(15)28-10-9-27-22)19-20(25)16(33-3)11-17(34-4)21(19)26/h5-7,9-11H,8,12H2,1-4H3,(H,29,30,32). The van der Waals surface area contributed by atoms with Gasteiger partial charge in [0.2, 0.25) is 0 Å². The van der Waals surface area contributed by atoms with E-state index < -0.39 is 5.82 Å². The minimum Gasteiger partial charge on any atom is -0.495 e. The third-order valence-corrected chi connectivity index (χ3v) is 5.63. The Morgan fingerprint density at radius 1 is 1.15 bits per heavy atom. The van der Waals surface area contributed by atoms with E-state index in [0.717, 1.165) is 5.70 Å². The lowest BCUT2D eigenvalue weighted by molar-refractivity contribution is 0.0978.